The third-order valence-corrected chi connectivity index (χ3v) is 4.94. The Bertz CT molecular complexity index is 334. The van der Waals surface area contributed by atoms with Crippen LogP contribution in [-0.4, -0.2) is 72.8 Å². The standard InChI is InChI=1S/C18H36N4O/c1-2-19-18(22-15-9-17(23)10-16-22)20-11-5-3-6-12-21-13-7-4-8-14-21/h17,23H,2-16H2,1H3,(H,19,20). The summed E-state index contributed by atoms with van der Waals surface area (Å²) >= 11 is 0. The lowest BCUT2D eigenvalue weighted by Crippen LogP contribution is -2.46. The van der Waals surface area contributed by atoms with E-state index in [1.165, 1.54) is 58.2 Å². The van der Waals surface area contributed by atoms with E-state index in [4.69, 9.17) is 4.99 Å². The number of guanidine groups is 1. The number of aliphatic hydroxyl groups is 1. The van der Waals surface area contributed by atoms with Crippen molar-refractivity contribution < 1.29 is 5.11 Å². The molecule has 2 heterocycles. The van der Waals surface area contributed by atoms with E-state index < -0.39 is 0 Å². The summed E-state index contributed by atoms with van der Waals surface area (Å²) in [6.07, 6.45) is 9.57. The van der Waals surface area contributed by atoms with Crippen LogP contribution in [0.3, 0.4) is 0 Å². The summed E-state index contributed by atoms with van der Waals surface area (Å²) in [5, 5.41) is 13.0. The van der Waals surface area contributed by atoms with Gasteiger partial charge >= 0.3 is 0 Å². The molecule has 5 nitrogen and oxygen atoms in total. The molecule has 2 N–H and O–H groups in total. The zero-order valence-electron chi connectivity index (χ0n) is 15.0. The van der Waals surface area contributed by atoms with Gasteiger partial charge in [0.1, 0.15) is 0 Å². The van der Waals surface area contributed by atoms with Gasteiger partial charge < -0.3 is 20.2 Å². The maximum absolute atomic E-state index is 9.63. The van der Waals surface area contributed by atoms with Crippen molar-refractivity contribution in [2.45, 2.75) is 64.4 Å². The quantitative estimate of drug-likeness (QED) is 0.428. The number of rotatable bonds is 7. The van der Waals surface area contributed by atoms with Crippen LogP contribution < -0.4 is 5.32 Å². The summed E-state index contributed by atoms with van der Waals surface area (Å²) in [5.41, 5.74) is 0. The van der Waals surface area contributed by atoms with Crippen LogP contribution in [0.25, 0.3) is 0 Å². The lowest BCUT2D eigenvalue weighted by molar-refractivity contribution is 0.108. The third kappa shape index (κ3) is 7.08. The summed E-state index contributed by atoms with van der Waals surface area (Å²) < 4.78 is 0. The largest absolute Gasteiger partial charge is 0.393 e. The first-order valence-corrected chi connectivity index (χ1v) is 9.73. The molecule has 0 aliphatic carbocycles. The molecule has 2 saturated heterocycles. The fourth-order valence-corrected chi connectivity index (χ4v) is 3.50. The van der Waals surface area contributed by atoms with Crippen molar-refractivity contribution in [2.24, 2.45) is 4.99 Å². The molecule has 2 fully saturated rings. The minimum atomic E-state index is -0.121. The maximum atomic E-state index is 9.63. The van der Waals surface area contributed by atoms with E-state index >= 15 is 0 Å². The van der Waals surface area contributed by atoms with Crippen molar-refractivity contribution in [3.63, 3.8) is 0 Å². The van der Waals surface area contributed by atoms with Gasteiger partial charge in [0, 0.05) is 26.2 Å². The van der Waals surface area contributed by atoms with E-state index in [9.17, 15) is 5.11 Å². The molecule has 0 aromatic heterocycles. The first-order valence-electron chi connectivity index (χ1n) is 9.73. The monoisotopic (exact) mass is 324 g/mol. The molecule has 134 valence electrons. The van der Waals surface area contributed by atoms with Gasteiger partial charge in [0.05, 0.1) is 6.10 Å². The highest BCUT2D eigenvalue weighted by molar-refractivity contribution is 5.80. The number of aliphatic imine (C=N–C) groups is 1. The van der Waals surface area contributed by atoms with E-state index in [1.807, 2.05) is 0 Å². The average molecular weight is 325 g/mol. The molecule has 2 rings (SSSR count). The predicted molar refractivity (Wildman–Crippen MR) is 96.9 cm³/mol. The number of likely N-dealkylation sites (tertiary alicyclic amines) is 2. The fourth-order valence-electron chi connectivity index (χ4n) is 3.50. The molecular formula is C18H36N4O. The first-order chi connectivity index (χ1) is 11.3. The average Bonchev–Trinajstić information content (AvgIpc) is 2.59. The van der Waals surface area contributed by atoms with E-state index in [-0.39, 0.29) is 6.10 Å². The Kier molecular flexibility index (Phi) is 8.76. The second-order valence-electron chi connectivity index (χ2n) is 6.92. The normalized spacial score (nSPS) is 21.7. The van der Waals surface area contributed by atoms with Gasteiger partial charge in [-0.15, -0.1) is 0 Å². The molecule has 0 atom stereocenters. The molecular weight excluding hydrogens is 288 g/mol. The van der Waals surface area contributed by atoms with Gasteiger partial charge in [-0.1, -0.05) is 12.8 Å². The number of nitrogens with zero attached hydrogens (tertiary/aromatic N) is 3. The van der Waals surface area contributed by atoms with Gasteiger partial charge in [-0.05, 0) is 65.1 Å². The van der Waals surface area contributed by atoms with Crippen molar-refractivity contribution >= 4 is 5.96 Å². The number of nitrogens with one attached hydrogen (secondary N) is 1. The highest BCUT2D eigenvalue weighted by Gasteiger charge is 2.19. The van der Waals surface area contributed by atoms with Crippen LogP contribution in [0.1, 0.15) is 58.3 Å². The molecule has 0 bridgehead atoms. The zero-order valence-corrected chi connectivity index (χ0v) is 15.0. The molecule has 0 aromatic rings. The Morgan fingerprint density at radius 3 is 2.48 bits per heavy atom. The molecule has 2 aliphatic heterocycles. The number of hydrogen-bond donors (Lipinski definition) is 2. The lowest BCUT2D eigenvalue weighted by Gasteiger charge is -2.32. The SMILES string of the molecule is CCNC(=NCCCCCN1CCCCC1)N1CCC(O)CC1. The van der Waals surface area contributed by atoms with Crippen molar-refractivity contribution in [1.29, 1.82) is 0 Å². The van der Waals surface area contributed by atoms with Gasteiger partial charge in [-0.2, -0.15) is 0 Å². The lowest BCUT2D eigenvalue weighted by atomic mass is 10.1. The van der Waals surface area contributed by atoms with E-state index in [0.717, 1.165) is 45.0 Å². The number of hydrogen-bond acceptors (Lipinski definition) is 3. The summed E-state index contributed by atoms with van der Waals surface area (Å²) in [4.78, 5) is 9.70. The Labute approximate surface area is 142 Å². The van der Waals surface area contributed by atoms with Crippen LogP contribution in [0.5, 0.6) is 0 Å². The summed E-state index contributed by atoms with van der Waals surface area (Å²) in [7, 11) is 0. The minimum absolute atomic E-state index is 0.121. The Hall–Kier alpha value is -0.810. The fraction of sp³-hybridized carbons (Fsp3) is 0.944. The highest BCUT2D eigenvalue weighted by Crippen LogP contribution is 2.11. The summed E-state index contributed by atoms with van der Waals surface area (Å²) in [5.74, 6) is 1.04. The van der Waals surface area contributed by atoms with Gasteiger partial charge in [0.15, 0.2) is 5.96 Å². The molecule has 0 spiro atoms. The molecule has 5 heteroatoms. The Morgan fingerprint density at radius 1 is 1.04 bits per heavy atom. The molecule has 0 unspecified atom stereocenters. The first kappa shape index (κ1) is 18.5. The van der Waals surface area contributed by atoms with E-state index in [1.54, 1.807) is 0 Å². The van der Waals surface area contributed by atoms with Crippen LogP contribution in [0.4, 0.5) is 0 Å². The van der Waals surface area contributed by atoms with E-state index in [0.29, 0.717) is 0 Å². The Balaban J connectivity index is 1.60. The molecule has 0 saturated carbocycles. The number of aliphatic hydroxyl groups excluding tert-OH is 1. The van der Waals surface area contributed by atoms with E-state index in [2.05, 4.69) is 22.0 Å². The minimum Gasteiger partial charge on any atom is -0.393 e. The van der Waals surface area contributed by atoms with Crippen LogP contribution in [0.15, 0.2) is 4.99 Å². The predicted octanol–water partition coefficient (Wildman–Crippen LogP) is 2.06. The molecule has 0 amide bonds. The van der Waals surface area contributed by atoms with Crippen molar-refractivity contribution in [3.05, 3.63) is 0 Å². The van der Waals surface area contributed by atoms with Gasteiger partial charge in [0.2, 0.25) is 0 Å². The Morgan fingerprint density at radius 2 is 1.78 bits per heavy atom. The van der Waals surface area contributed by atoms with Crippen LogP contribution in [0, 0.1) is 0 Å². The smallest absolute Gasteiger partial charge is 0.193 e. The third-order valence-electron chi connectivity index (χ3n) is 4.94. The molecule has 0 aromatic carbocycles. The molecule has 0 radical (unpaired) electrons. The van der Waals surface area contributed by atoms with Crippen LogP contribution in [0.2, 0.25) is 0 Å². The zero-order chi connectivity index (χ0) is 16.3. The van der Waals surface area contributed by atoms with Crippen molar-refractivity contribution in [1.82, 2.24) is 15.1 Å². The number of piperidine rings is 2. The van der Waals surface area contributed by atoms with Crippen molar-refractivity contribution in [2.75, 3.05) is 45.8 Å². The summed E-state index contributed by atoms with van der Waals surface area (Å²) in [6, 6.07) is 0. The second-order valence-corrected chi connectivity index (χ2v) is 6.92. The van der Waals surface area contributed by atoms with Gasteiger partial charge in [-0.3, -0.25) is 4.99 Å². The number of unbranched alkanes of at least 4 members (excludes halogenated alkanes) is 2. The van der Waals surface area contributed by atoms with Gasteiger partial charge in [-0.25, -0.2) is 0 Å². The highest BCUT2D eigenvalue weighted by atomic mass is 16.3. The molecule has 23 heavy (non-hydrogen) atoms. The topological polar surface area (TPSA) is 51.1 Å². The van der Waals surface area contributed by atoms with Crippen molar-refractivity contribution in [3.8, 4) is 0 Å². The van der Waals surface area contributed by atoms with Gasteiger partial charge in [0.25, 0.3) is 0 Å². The van der Waals surface area contributed by atoms with Crippen LogP contribution >= 0.6 is 0 Å². The second kappa shape index (κ2) is 10.9. The maximum Gasteiger partial charge on any atom is 0.193 e. The van der Waals surface area contributed by atoms with Crippen LogP contribution in [-0.2, 0) is 0 Å². The molecule has 2 aliphatic rings. The summed E-state index contributed by atoms with van der Waals surface area (Å²) in [6.45, 7) is 9.67.